The molecule has 0 radical (unpaired) electrons. The van der Waals surface area contributed by atoms with Crippen LogP contribution in [0.1, 0.15) is 19.3 Å². The first kappa shape index (κ1) is 15.2. The van der Waals surface area contributed by atoms with Crippen molar-refractivity contribution in [2.24, 2.45) is 5.41 Å². The summed E-state index contributed by atoms with van der Waals surface area (Å²) in [6, 6.07) is 0. The van der Waals surface area contributed by atoms with Gasteiger partial charge >= 0.3 is 0 Å². The molecule has 1 atom stereocenters. The maximum atomic E-state index is 11.7. The molecule has 0 aliphatic carbocycles. The van der Waals surface area contributed by atoms with Crippen LogP contribution in [0.5, 0.6) is 0 Å². The minimum Gasteiger partial charge on any atom is -0.381 e. The lowest BCUT2D eigenvalue weighted by atomic mass is 9.81. The summed E-state index contributed by atoms with van der Waals surface area (Å²) in [7, 11) is -0.838. The van der Waals surface area contributed by atoms with Gasteiger partial charge in [0.15, 0.2) is 9.84 Å². The van der Waals surface area contributed by atoms with E-state index < -0.39 is 9.84 Å². The van der Waals surface area contributed by atoms with Crippen molar-refractivity contribution in [1.82, 2.24) is 10.2 Å². The first-order valence-corrected chi connectivity index (χ1v) is 9.03. The Labute approximate surface area is 116 Å². The van der Waals surface area contributed by atoms with E-state index in [1.54, 1.807) is 0 Å². The molecule has 5 nitrogen and oxygen atoms in total. The highest BCUT2D eigenvalue weighted by Crippen LogP contribution is 2.29. The van der Waals surface area contributed by atoms with Crippen molar-refractivity contribution in [3.63, 3.8) is 0 Å². The summed E-state index contributed by atoms with van der Waals surface area (Å²) in [5.74, 6) is 0.655. The molecule has 2 aliphatic rings. The molecule has 0 saturated carbocycles. The van der Waals surface area contributed by atoms with Crippen LogP contribution in [-0.4, -0.2) is 71.3 Å². The summed E-state index contributed by atoms with van der Waals surface area (Å²) in [6.45, 7) is 5.11. The molecule has 0 aromatic rings. The molecule has 0 aromatic heterocycles. The molecule has 2 rings (SSSR count). The Balaban J connectivity index is 1.96. The fraction of sp³-hybridized carbons (Fsp3) is 1.00. The van der Waals surface area contributed by atoms with Gasteiger partial charge in [0.2, 0.25) is 0 Å². The predicted molar refractivity (Wildman–Crippen MR) is 76.1 cm³/mol. The van der Waals surface area contributed by atoms with Crippen LogP contribution in [-0.2, 0) is 14.6 Å². The Hall–Kier alpha value is -0.170. The van der Waals surface area contributed by atoms with Crippen molar-refractivity contribution in [3.8, 4) is 0 Å². The van der Waals surface area contributed by atoms with Crippen molar-refractivity contribution in [3.05, 3.63) is 0 Å². The number of nitrogens with one attached hydrogen (secondary N) is 1. The zero-order valence-electron chi connectivity index (χ0n) is 11.9. The van der Waals surface area contributed by atoms with Gasteiger partial charge in [-0.15, -0.1) is 0 Å². The van der Waals surface area contributed by atoms with E-state index in [9.17, 15) is 8.42 Å². The number of rotatable bonds is 4. The van der Waals surface area contributed by atoms with Crippen LogP contribution in [0.3, 0.4) is 0 Å². The van der Waals surface area contributed by atoms with E-state index in [1.165, 1.54) is 0 Å². The van der Waals surface area contributed by atoms with Gasteiger partial charge in [-0.3, -0.25) is 0 Å². The van der Waals surface area contributed by atoms with Gasteiger partial charge in [-0.25, -0.2) is 8.42 Å². The largest absolute Gasteiger partial charge is 0.381 e. The molecular formula is C13H26N2O3S. The SMILES string of the molecule is CNCC1(CN2CCCS(=O)(=O)CC2)CCCOC1. The summed E-state index contributed by atoms with van der Waals surface area (Å²) in [5.41, 5.74) is 0.154. The topological polar surface area (TPSA) is 58.6 Å². The molecule has 0 spiro atoms. The van der Waals surface area contributed by atoms with Crippen LogP contribution in [0.4, 0.5) is 0 Å². The fourth-order valence-corrected chi connectivity index (χ4v) is 4.54. The molecule has 112 valence electrons. The van der Waals surface area contributed by atoms with E-state index in [0.29, 0.717) is 18.1 Å². The van der Waals surface area contributed by atoms with Gasteiger partial charge in [0.1, 0.15) is 0 Å². The van der Waals surface area contributed by atoms with Crippen molar-refractivity contribution in [1.29, 1.82) is 0 Å². The first-order chi connectivity index (χ1) is 9.05. The van der Waals surface area contributed by atoms with Crippen LogP contribution in [0.2, 0.25) is 0 Å². The van der Waals surface area contributed by atoms with Crippen molar-refractivity contribution >= 4 is 9.84 Å². The van der Waals surface area contributed by atoms with E-state index in [1.807, 2.05) is 7.05 Å². The highest BCUT2D eigenvalue weighted by atomic mass is 32.2. The molecular weight excluding hydrogens is 264 g/mol. The fourth-order valence-electron chi connectivity index (χ4n) is 3.23. The second-order valence-electron chi connectivity index (χ2n) is 5.97. The van der Waals surface area contributed by atoms with Crippen LogP contribution >= 0.6 is 0 Å². The smallest absolute Gasteiger partial charge is 0.151 e. The Morgan fingerprint density at radius 1 is 1.26 bits per heavy atom. The third-order valence-corrected chi connectivity index (χ3v) is 5.88. The molecule has 0 amide bonds. The van der Waals surface area contributed by atoms with E-state index in [0.717, 1.165) is 52.1 Å². The molecule has 1 unspecified atom stereocenters. The predicted octanol–water partition coefficient (Wildman–Crippen LogP) is 0.123. The van der Waals surface area contributed by atoms with E-state index in [2.05, 4.69) is 10.2 Å². The lowest BCUT2D eigenvalue weighted by Gasteiger charge is -2.40. The van der Waals surface area contributed by atoms with E-state index in [-0.39, 0.29) is 5.41 Å². The van der Waals surface area contributed by atoms with Crippen LogP contribution in [0, 0.1) is 5.41 Å². The number of hydrogen-bond acceptors (Lipinski definition) is 5. The quantitative estimate of drug-likeness (QED) is 0.797. The van der Waals surface area contributed by atoms with Gasteiger partial charge in [0.25, 0.3) is 0 Å². The maximum absolute atomic E-state index is 11.7. The number of sulfone groups is 1. The molecule has 2 heterocycles. The van der Waals surface area contributed by atoms with E-state index >= 15 is 0 Å². The monoisotopic (exact) mass is 290 g/mol. The summed E-state index contributed by atoms with van der Waals surface area (Å²) >= 11 is 0. The van der Waals surface area contributed by atoms with E-state index in [4.69, 9.17) is 4.74 Å². The number of ether oxygens (including phenoxy) is 1. The highest BCUT2D eigenvalue weighted by Gasteiger charge is 2.35. The average molecular weight is 290 g/mol. The van der Waals surface area contributed by atoms with Crippen LogP contribution in [0.15, 0.2) is 0 Å². The lowest BCUT2D eigenvalue weighted by molar-refractivity contribution is -0.0243. The Morgan fingerprint density at radius 3 is 2.79 bits per heavy atom. The molecule has 19 heavy (non-hydrogen) atoms. The third-order valence-electron chi connectivity index (χ3n) is 4.16. The zero-order valence-corrected chi connectivity index (χ0v) is 12.7. The molecule has 2 saturated heterocycles. The molecule has 2 aliphatic heterocycles. The standard InChI is InChI=1S/C13H26N2O3S/c1-14-10-13(4-2-7-18-12-13)11-15-5-3-8-19(16,17)9-6-15/h14H,2-12H2,1H3. The molecule has 6 heteroatoms. The minimum absolute atomic E-state index is 0.154. The number of hydrogen-bond donors (Lipinski definition) is 1. The summed E-state index contributed by atoms with van der Waals surface area (Å²) in [5, 5.41) is 3.27. The van der Waals surface area contributed by atoms with Crippen LogP contribution < -0.4 is 5.32 Å². The average Bonchev–Trinajstić information content (AvgIpc) is 2.52. The summed E-state index contributed by atoms with van der Waals surface area (Å²) < 4.78 is 29.0. The lowest BCUT2D eigenvalue weighted by Crippen LogP contribution is -2.49. The first-order valence-electron chi connectivity index (χ1n) is 7.20. The molecule has 0 bridgehead atoms. The minimum atomic E-state index is -2.81. The van der Waals surface area contributed by atoms with Gasteiger partial charge in [0, 0.05) is 31.7 Å². The van der Waals surface area contributed by atoms with Gasteiger partial charge < -0.3 is 15.0 Å². The van der Waals surface area contributed by atoms with Crippen molar-refractivity contribution < 1.29 is 13.2 Å². The molecule has 1 N–H and O–H groups in total. The zero-order chi connectivity index (χ0) is 13.8. The second kappa shape index (κ2) is 6.52. The van der Waals surface area contributed by atoms with Crippen molar-refractivity contribution in [2.75, 3.05) is 57.9 Å². The Kier molecular flexibility index (Phi) is 5.22. The third kappa shape index (κ3) is 4.41. The maximum Gasteiger partial charge on any atom is 0.151 e. The van der Waals surface area contributed by atoms with Gasteiger partial charge in [-0.05, 0) is 32.9 Å². The summed E-state index contributed by atoms with van der Waals surface area (Å²) in [6.07, 6.45) is 3.03. The highest BCUT2D eigenvalue weighted by molar-refractivity contribution is 7.91. The number of nitrogens with zero attached hydrogens (tertiary/aromatic N) is 1. The molecule has 2 fully saturated rings. The van der Waals surface area contributed by atoms with Gasteiger partial charge in [0.05, 0.1) is 18.1 Å². The second-order valence-corrected chi connectivity index (χ2v) is 8.27. The van der Waals surface area contributed by atoms with Crippen LogP contribution in [0.25, 0.3) is 0 Å². The molecule has 0 aromatic carbocycles. The normalized spacial score (nSPS) is 32.9. The Morgan fingerprint density at radius 2 is 2.11 bits per heavy atom. The summed E-state index contributed by atoms with van der Waals surface area (Å²) in [4.78, 5) is 2.32. The van der Waals surface area contributed by atoms with Gasteiger partial charge in [-0.2, -0.15) is 0 Å². The Bertz CT molecular complexity index is 372. The van der Waals surface area contributed by atoms with Gasteiger partial charge in [-0.1, -0.05) is 0 Å². The van der Waals surface area contributed by atoms with Crippen molar-refractivity contribution in [2.45, 2.75) is 19.3 Å².